The molecule has 2 aliphatic rings. The Labute approximate surface area is 107 Å². The number of carbonyl (C=O) groups is 1. The van der Waals surface area contributed by atoms with Gasteiger partial charge in [0.1, 0.15) is 0 Å². The average Bonchev–Trinajstić information content (AvgIpc) is 3.04. The molecule has 5 heteroatoms. The van der Waals surface area contributed by atoms with Crippen molar-refractivity contribution in [2.24, 2.45) is 16.6 Å². The summed E-state index contributed by atoms with van der Waals surface area (Å²) in [6.07, 6.45) is 2.65. The molecule has 2 unspecified atom stereocenters. The quantitative estimate of drug-likeness (QED) is 0.736. The summed E-state index contributed by atoms with van der Waals surface area (Å²) >= 11 is 4.97. The minimum atomic E-state index is -0.552. The maximum absolute atomic E-state index is 12.1. The van der Waals surface area contributed by atoms with Crippen LogP contribution in [0.3, 0.4) is 0 Å². The highest BCUT2D eigenvalue weighted by Gasteiger charge is 2.56. The standard InChI is InChI=1S/C12H20N2O2S/c1-11(2)7(6-8(11)16-3)14-10(15)12(4-5-12)9(13)17/h7-8H,4-6H2,1-3H3,(H2,13,17)(H,14,15). The summed E-state index contributed by atoms with van der Waals surface area (Å²) in [5.41, 5.74) is 5.07. The van der Waals surface area contributed by atoms with Gasteiger partial charge in [0.15, 0.2) is 0 Å². The van der Waals surface area contributed by atoms with E-state index in [1.165, 1.54) is 0 Å². The number of methoxy groups -OCH3 is 1. The van der Waals surface area contributed by atoms with Crippen LogP contribution in [0.4, 0.5) is 0 Å². The van der Waals surface area contributed by atoms with Crippen LogP contribution in [0.5, 0.6) is 0 Å². The van der Waals surface area contributed by atoms with E-state index in [2.05, 4.69) is 19.2 Å². The number of rotatable bonds is 4. The smallest absolute Gasteiger partial charge is 0.233 e. The number of hydrogen-bond donors (Lipinski definition) is 2. The second kappa shape index (κ2) is 3.92. The number of carbonyl (C=O) groups excluding carboxylic acids is 1. The van der Waals surface area contributed by atoms with E-state index < -0.39 is 5.41 Å². The SMILES string of the molecule is COC1CC(NC(=O)C2(C(N)=S)CC2)C1(C)C. The second-order valence-corrected chi connectivity index (χ2v) is 6.19. The Kier molecular flexibility index (Phi) is 2.94. The molecule has 2 atom stereocenters. The molecule has 2 rings (SSSR count). The van der Waals surface area contributed by atoms with Crippen LogP contribution in [-0.4, -0.2) is 30.2 Å². The van der Waals surface area contributed by atoms with Crippen LogP contribution in [0.25, 0.3) is 0 Å². The molecular formula is C12H20N2O2S. The predicted molar refractivity (Wildman–Crippen MR) is 69.6 cm³/mol. The molecule has 0 aromatic rings. The predicted octanol–water partition coefficient (Wildman–Crippen LogP) is 0.982. The molecule has 0 saturated heterocycles. The number of nitrogens with two attached hydrogens (primary N) is 1. The molecule has 2 fully saturated rings. The van der Waals surface area contributed by atoms with Crippen LogP contribution in [0.2, 0.25) is 0 Å². The lowest BCUT2D eigenvalue weighted by Gasteiger charge is -2.51. The molecule has 0 spiro atoms. The second-order valence-electron chi connectivity index (χ2n) is 5.75. The molecule has 0 bridgehead atoms. The monoisotopic (exact) mass is 256 g/mol. The summed E-state index contributed by atoms with van der Waals surface area (Å²) in [5.74, 6) is -0.00220. The third-order valence-electron chi connectivity index (χ3n) is 4.42. The molecule has 0 radical (unpaired) electrons. The van der Waals surface area contributed by atoms with E-state index in [1.807, 2.05) is 0 Å². The topological polar surface area (TPSA) is 64.3 Å². The van der Waals surface area contributed by atoms with Crippen LogP contribution in [-0.2, 0) is 9.53 Å². The van der Waals surface area contributed by atoms with Crippen LogP contribution >= 0.6 is 12.2 Å². The Balaban J connectivity index is 1.96. The minimum absolute atomic E-state index is 0.00220. The van der Waals surface area contributed by atoms with E-state index in [4.69, 9.17) is 22.7 Å². The van der Waals surface area contributed by atoms with Crippen molar-refractivity contribution in [1.82, 2.24) is 5.32 Å². The largest absolute Gasteiger partial charge is 0.392 e. The third kappa shape index (κ3) is 1.85. The van der Waals surface area contributed by atoms with Crippen LogP contribution in [0, 0.1) is 10.8 Å². The number of amides is 1. The van der Waals surface area contributed by atoms with Crippen LogP contribution < -0.4 is 11.1 Å². The van der Waals surface area contributed by atoms with E-state index >= 15 is 0 Å². The van der Waals surface area contributed by atoms with Crippen molar-refractivity contribution in [1.29, 1.82) is 0 Å². The first-order valence-electron chi connectivity index (χ1n) is 5.98. The highest BCUT2D eigenvalue weighted by molar-refractivity contribution is 7.80. The highest BCUT2D eigenvalue weighted by Crippen LogP contribution is 2.48. The van der Waals surface area contributed by atoms with Gasteiger partial charge in [-0.25, -0.2) is 0 Å². The molecule has 0 aliphatic heterocycles. The zero-order valence-corrected chi connectivity index (χ0v) is 11.4. The first-order chi connectivity index (χ1) is 7.84. The lowest BCUT2D eigenvalue weighted by molar-refractivity contribution is -0.135. The molecule has 2 saturated carbocycles. The molecule has 0 aromatic carbocycles. The van der Waals surface area contributed by atoms with E-state index in [1.54, 1.807) is 7.11 Å². The summed E-state index contributed by atoms with van der Waals surface area (Å²) in [7, 11) is 1.71. The van der Waals surface area contributed by atoms with Gasteiger partial charge in [0.25, 0.3) is 0 Å². The number of thiocarbonyl (C=S) groups is 1. The normalized spacial score (nSPS) is 32.4. The van der Waals surface area contributed by atoms with Gasteiger partial charge in [-0.15, -0.1) is 0 Å². The fourth-order valence-electron chi connectivity index (χ4n) is 2.54. The van der Waals surface area contributed by atoms with Gasteiger partial charge < -0.3 is 15.8 Å². The van der Waals surface area contributed by atoms with Gasteiger partial charge in [0.2, 0.25) is 5.91 Å². The van der Waals surface area contributed by atoms with Crippen molar-refractivity contribution in [2.45, 2.75) is 45.3 Å². The lowest BCUT2D eigenvalue weighted by atomic mass is 9.64. The van der Waals surface area contributed by atoms with Gasteiger partial charge in [0, 0.05) is 18.6 Å². The summed E-state index contributed by atoms with van der Waals surface area (Å²) in [6, 6.07) is 0.159. The molecule has 96 valence electrons. The average molecular weight is 256 g/mol. The Bertz CT molecular complexity index is 364. The van der Waals surface area contributed by atoms with Crippen LogP contribution in [0.15, 0.2) is 0 Å². The molecule has 3 N–H and O–H groups in total. The zero-order chi connectivity index (χ0) is 12.8. The summed E-state index contributed by atoms with van der Waals surface area (Å²) in [6.45, 7) is 4.21. The van der Waals surface area contributed by atoms with Crippen molar-refractivity contribution in [3.8, 4) is 0 Å². The summed E-state index contributed by atoms with van der Waals surface area (Å²) in [4.78, 5) is 12.5. The van der Waals surface area contributed by atoms with Gasteiger partial charge in [0.05, 0.1) is 16.5 Å². The molecule has 1 amide bonds. The Morgan fingerprint density at radius 2 is 2.06 bits per heavy atom. The van der Waals surface area contributed by atoms with Gasteiger partial charge in [-0.1, -0.05) is 26.1 Å². The first kappa shape index (κ1) is 12.8. The summed E-state index contributed by atoms with van der Waals surface area (Å²) < 4.78 is 5.36. The van der Waals surface area contributed by atoms with Crippen LogP contribution in [0.1, 0.15) is 33.1 Å². The maximum atomic E-state index is 12.1. The van der Waals surface area contributed by atoms with Gasteiger partial charge in [-0.05, 0) is 19.3 Å². The molecular weight excluding hydrogens is 236 g/mol. The molecule has 0 aromatic heterocycles. The van der Waals surface area contributed by atoms with E-state index in [-0.39, 0.29) is 23.5 Å². The zero-order valence-electron chi connectivity index (χ0n) is 10.6. The third-order valence-corrected chi connectivity index (χ3v) is 4.81. The van der Waals surface area contributed by atoms with Crippen molar-refractivity contribution in [2.75, 3.05) is 7.11 Å². The van der Waals surface area contributed by atoms with Crippen molar-refractivity contribution in [3.05, 3.63) is 0 Å². The number of hydrogen-bond acceptors (Lipinski definition) is 3. The van der Waals surface area contributed by atoms with E-state index in [9.17, 15) is 4.79 Å². The molecule has 0 heterocycles. The number of ether oxygens (including phenoxy) is 1. The maximum Gasteiger partial charge on any atom is 0.233 e. The van der Waals surface area contributed by atoms with Gasteiger partial charge in [-0.3, -0.25) is 4.79 Å². The molecule has 2 aliphatic carbocycles. The molecule has 4 nitrogen and oxygen atoms in total. The van der Waals surface area contributed by atoms with Gasteiger partial charge >= 0.3 is 0 Å². The van der Waals surface area contributed by atoms with E-state index in [0.717, 1.165) is 19.3 Å². The number of nitrogens with one attached hydrogen (secondary N) is 1. The highest BCUT2D eigenvalue weighted by atomic mass is 32.1. The minimum Gasteiger partial charge on any atom is -0.392 e. The Hall–Kier alpha value is -0.680. The molecule has 17 heavy (non-hydrogen) atoms. The summed E-state index contributed by atoms with van der Waals surface area (Å²) in [5, 5.41) is 3.07. The fourth-order valence-corrected chi connectivity index (χ4v) is 2.83. The van der Waals surface area contributed by atoms with Gasteiger partial charge in [-0.2, -0.15) is 0 Å². The Morgan fingerprint density at radius 1 is 1.47 bits per heavy atom. The lowest BCUT2D eigenvalue weighted by Crippen LogP contribution is -2.63. The van der Waals surface area contributed by atoms with Crippen molar-refractivity contribution < 1.29 is 9.53 Å². The fraction of sp³-hybridized carbons (Fsp3) is 0.833. The van der Waals surface area contributed by atoms with E-state index in [0.29, 0.717) is 4.99 Å². The van der Waals surface area contributed by atoms with Crippen molar-refractivity contribution in [3.63, 3.8) is 0 Å². The Morgan fingerprint density at radius 3 is 2.41 bits per heavy atom. The van der Waals surface area contributed by atoms with Crippen molar-refractivity contribution >= 4 is 23.1 Å². The first-order valence-corrected chi connectivity index (χ1v) is 6.39.